The zero-order valence-corrected chi connectivity index (χ0v) is 24.8. The molecule has 216 valence electrons. The molecule has 0 aliphatic carbocycles. The molecule has 1 rings (SSSR count). The minimum Gasteiger partial charge on any atom is -0.754 e. The number of phosphoric acid groups is 1. The van der Waals surface area contributed by atoms with Crippen LogP contribution < -0.4 is 4.89 Å². The van der Waals surface area contributed by atoms with Crippen molar-refractivity contribution in [3.63, 3.8) is 0 Å². The van der Waals surface area contributed by atoms with E-state index in [0.717, 1.165) is 20.0 Å². The van der Waals surface area contributed by atoms with Crippen LogP contribution >= 0.6 is 7.82 Å². The van der Waals surface area contributed by atoms with Crippen molar-refractivity contribution >= 4 is 7.82 Å². The van der Waals surface area contributed by atoms with E-state index < -0.39 is 20.0 Å². The standard InChI is InChI=1S/C27H56NO7P/c1-6-7-8-9-10-11-12-13-14-15-16-17-18-19-20-21-25-23-33-27(24-32-25)26(22-28(2,3)4)34-36(29,30)35-31-5/h25-27H,6-24H2,1-5H3/t25-,26?,27-/m1/s1. The second-order valence-corrected chi connectivity index (χ2v) is 12.6. The summed E-state index contributed by atoms with van der Waals surface area (Å²) in [6.07, 6.45) is 20.2. The quantitative estimate of drug-likeness (QED) is 0.0506. The Labute approximate surface area is 221 Å². The lowest BCUT2D eigenvalue weighted by molar-refractivity contribution is -0.873. The van der Waals surface area contributed by atoms with Crippen molar-refractivity contribution in [3.05, 3.63) is 0 Å². The van der Waals surface area contributed by atoms with Gasteiger partial charge in [0.1, 0.15) is 18.8 Å². The normalized spacial score (nSPS) is 21.4. The fourth-order valence-corrected chi connectivity index (χ4v) is 5.47. The summed E-state index contributed by atoms with van der Waals surface area (Å²) in [5, 5.41) is 0. The number of unbranched alkanes of at least 4 members (excludes halogenated alkanes) is 14. The van der Waals surface area contributed by atoms with Gasteiger partial charge in [-0.15, -0.1) is 0 Å². The fourth-order valence-electron chi connectivity index (χ4n) is 4.72. The highest BCUT2D eigenvalue weighted by Gasteiger charge is 2.36. The maximum absolute atomic E-state index is 12.0. The zero-order chi connectivity index (χ0) is 26.7. The SMILES string of the molecule is CCCCCCCCCCCCCCCCC[C@@H]1CO[C@@H](C(C[N+](C)(C)C)OP(=O)([O-])OOC)CO1. The first-order valence-electron chi connectivity index (χ1n) is 14.4. The molecule has 0 saturated carbocycles. The van der Waals surface area contributed by atoms with Crippen LogP contribution in [0, 0.1) is 0 Å². The van der Waals surface area contributed by atoms with Crippen molar-refractivity contribution in [1.82, 2.24) is 0 Å². The zero-order valence-electron chi connectivity index (χ0n) is 23.9. The Morgan fingerprint density at radius 2 is 1.33 bits per heavy atom. The molecule has 4 atom stereocenters. The number of hydrogen-bond donors (Lipinski definition) is 0. The molecule has 0 N–H and O–H groups in total. The van der Waals surface area contributed by atoms with E-state index in [1.165, 1.54) is 89.9 Å². The molecule has 1 heterocycles. The molecule has 1 aliphatic rings. The lowest BCUT2D eigenvalue weighted by atomic mass is 10.0. The van der Waals surface area contributed by atoms with Gasteiger partial charge in [-0.2, -0.15) is 4.67 Å². The monoisotopic (exact) mass is 537 g/mol. The molecular formula is C27H56NO7P. The summed E-state index contributed by atoms with van der Waals surface area (Å²) < 4.78 is 34.0. The lowest BCUT2D eigenvalue weighted by Gasteiger charge is -2.38. The highest BCUT2D eigenvalue weighted by Crippen LogP contribution is 2.41. The molecule has 0 aromatic heterocycles. The average Bonchev–Trinajstić information content (AvgIpc) is 2.80. The molecule has 0 radical (unpaired) electrons. The number of likely N-dealkylation sites (N-methyl/N-ethyl adjacent to an activating group) is 1. The number of ether oxygens (including phenoxy) is 2. The van der Waals surface area contributed by atoms with Crippen LogP contribution in [0.3, 0.4) is 0 Å². The van der Waals surface area contributed by atoms with Crippen molar-refractivity contribution in [2.24, 2.45) is 0 Å². The summed E-state index contributed by atoms with van der Waals surface area (Å²) in [4.78, 5) is 16.2. The highest BCUT2D eigenvalue weighted by molar-refractivity contribution is 7.45. The average molecular weight is 538 g/mol. The summed E-state index contributed by atoms with van der Waals surface area (Å²) in [6.45, 7) is 3.46. The maximum atomic E-state index is 12.0. The predicted octanol–water partition coefficient (Wildman–Crippen LogP) is 6.17. The van der Waals surface area contributed by atoms with Gasteiger partial charge in [0.2, 0.25) is 0 Å². The van der Waals surface area contributed by atoms with E-state index >= 15 is 0 Å². The third kappa shape index (κ3) is 18.2. The first kappa shape index (κ1) is 34.0. The molecule has 1 saturated heterocycles. The molecule has 2 unspecified atom stereocenters. The predicted molar refractivity (Wildman–Crippen MR) is 142 cm³/mol. The van der Waals surface area contributed by atoms with Crippen molar-refractivity contribution < 1.29 is 37.5 Å². The van der Waals surface area contributed by atoms with Crippen LogP contribution in [0.25, 0.3) is 0 Å². The lowest BCUT2D eigenvalue weighted by Crippen LogP contribution is -2.51. The maximum Gasteiger partial charge on any atom is 0.298 e. The van der Waals surface area contributed by atoms with Gasteiger partial charge in [0.05, 0.1) is 47.6 Å². The molecule has 1 aliphatic heterocycles. The molecule has 0 aromatic carbocycles. The van der Waals surface area contributed by atoms with Crippen LogP contribution in [0.5, 0.6) is 0 Å². The van der Waals surface area contributed by atoms with Gasteiger partial charge < -0.3 is 23.4 Å². The van der Waals surface area contributed by atoms with E-state index in [0.29, 0.717) is 24.2 Å². The number of hydrogen-bond acceptors (Lipinski definition) is 7. The van der Waals surface area contributed by atoms with Crippen LogP contribution in [-0.2, 0) is 28.1 Å². The van der Waals surface area contributed by atoms with Crippen LogP contribution in [0.2, 0.25) is 0 Å². The number of quaternary nitrogens is 1. The van der Waals surface area contributed by atoms with Gasteiger partial charge in [0.15, 0.2) is 0 Å². The van der Waals surface area contributed by atoms with Gasteiger partial charge in [-0.25, -0.2) is 4.89 Å². The van der Waals surface area contributed by atoms with E-state index in [2.05, 4.69) is 16.5 Å². The van der Waals surface area contributed by atoms with Gasteiger partial charge in [0.25, 0.3) is 7.82 Å². The third-order valence-electron chi connectivity index (χ3n) is 6.69. The Kier molecular flexibility index (Phi) is 18.8. The van der Waals surface area contributed by atoms with Crippen LogP contribution in [0.4, 0.5) is 0 Å². The second-order valence-electron chi connectivity index (χ2n) is 11.4. The Morgan fingerprint density at radius 1 is 0.833 bits per heavy atom. The highest BCUT2D eigenvalue weighted by atomic mass is 31.2. The molecule has 0 spiro atoms. The first-order valence-corrected chi connectivity index (χ1v) is 15.9. The van der Waals surface area contributed by atoms with Crippen molar-refractivity contribution in [2.45, 2.75) is 128 Å². The molecule has 1 fully saturated rings. The van der Waals surface area contributed by atoms with Gasteiger partial charge in [-0.1, -0.05) is 103 Å². The van der Waals surface area contributed by atoms with E-state index in [4.69, 9.17) is 14.0 Å². The molecule has 0 aromatic rings. The first-order chi connectivity index (χ1) is 17.2. The van der Waals surface area contributed by atoms with E-state index in [9.17, 15) is 9.46 Å². The largest absolute Gasteiger partial charge is 0.754 e. The summed E-state index contributed by atoms with van der Waals surface area (Å²) in [7, 11) is 2.44. The molecule has 0 amide bonds. The minimum atomic E-state index is -4.58. The summed E-state index contributed by atoms with van der Waals surface area (Å²) >= 11 is 0. The molecule has 8 nitrogen and oxygen atoms in total. The Morgan fingerprint density at radius 3 is 1.75 bits per heavy atom. The Hall–Kier alpha value is -0.0500. The third-order valence-corrected chi connectivity index (χ3v) is 7.56. The summed E-state index contributed by atoms with van der Waals surface area (Å²) in [5.74, 6) is 0. The Bertz CT molecular complexity index is 565. The fraction of sp³-hybridized carbons (Fsp3) is 1.00. The summed E-state index contributed by atoms with van der Waals surface area (Å²) in [6, 6.07) is 0. The molecule has 9 heteroatoms. The number of phosphoric ester groups is 1. The minimum absolute atomic E-state index is 0.0577. The topological polar surface area (TPSA) is 86.3 Å². The smallest absolute Gasteiger partial charge is 0.298 e. The van der Waals surface area contributed by atoms with Gasteiger partial charge >= 0.3 is 0 Å². The van der Waals surface area contributed by atoms with Crippen molar-refractivity contribution in [2.75, 3.05) is 48.0 Å². The number of nitrogens with zero attached hydrogens (tertiary/aromatic N) is 1. The second kappa shape index (κ2) is 19.9. The van der Waals surface area contributed by atoms with Crippen LogP contribution in [0.1, 0.15) is 110 Å². The van der Waals surface area contributed by atoms with Crippen molar-refractivity contribution in [1.29, 1.82) is 0 Å². The van der Waals surface area contributed by atoms with E-state index in [1.807, 2.05) is 21.1 Å². The van der Waals surface area contributed by atoms with Gasteiger partial charge in [-0.3, -0.25) is 4.57 Å². The molecule has 36 heavy (non-hydrogen) atoms. The Balaban J connectivity index is 2.09. The number of rotatable bonds is 23. The van der Waals surface area contributed by atoms with Crippen LogP contribution in [0.15, 0.2) is 0 Å². The van der Waals surface area contributed by atoms with E-state index in [-0.39, 0.29) is 6.10 Å². The van der Waals surface area contributed by atoms with Crippen LogP contribution in [-0.4, -0.2) is 70.8 Å². The van der Waals surface area contributed by atoms with Crippen molar-refractivity contribution in [3.8, 4) is 0 Å². The van der Waals surface area contributed by atoms with Gasteiger partial charge in [0, 0.05) is 0 Å². The molecule has 0 bridgehead atoms. The summed E-state index contributed by atoms with van der Waals surface area (Å²) in [5.41, 5.74) is 0. The molecular weight excluding hydrogens is 481 g/mol. The van der Waals surface area contributed by atoms with E-state index in [1.54, 1.807) is 0 Å². The van der Waals surface area contributed by atoms with Gasteiger partial charge in [-0.05, 0) is 6.42 Å².